The zero-order valence-electron chi connectivity index (χ0n) is 11.0. The van der Waals surface area contributed by atoms with Crippen molar-refractivity contribution in [3.63, 3.8) is 0 Å². The Hall–Kier alpha value is -1.35. The highest BCUT2D eigenvalue weighted by atomic mass is 16.5. The third-order valence-corrected chi connectivity index (χ3v) is 2.89. The highest BCUT2D eigenvalue weighted by Crippen LogP contribution is 2.16. The Morgan fingerprint density at radius 2 is 2.06 bits per heavy atom. The number of benzene rings is 1. The van der Waals surface area contributed by atoms with E-state index < -0.39 is 0 Å². The Balaban J connectivity index is 2.54. The summed E-state index contributed by atoms with van der Waals surface area (Å²) in [6.45, 7) is 8.72. The number of nitrogens with one attached hydrogen (secondary N) is 1. The molecule has 0 amide bonds. The van der Waals surface area contributed by atoms with Gasteiger partial charge in [0, 0.05) is 6.04 Å². The Labute approximate surface area is 103 Å². The van der Waals surface area contributed by atoms with Gasteiger partial charge in [0.15, 0.2) is 0 Å². The number of esters is 1. The summed E-state index contributed by atoms with van der Waals surface area (Å²) in [6, 6.07) is 6.50. The van der Waals surface area contributed by atoms with Crippen LogP contribution in [-0.2, 0) is 9.53 Å². The predicted octanol–water partition coefficient (Wildman–Crippen LogP) is 2.52. The maximum absolute atomic E-state index is 11.2. The minimum Gasteiger partial charge on any atom is -0.465 e. The molecule has 0 aliphatic carbocycles. The molecule has 0 saturated carbocycles. The first kappa shape index (κ1) is 13.7. The van der Waals surface area contributed by atoms with Crippen LogP contribution in [0.4, 0.5) is 0 Å². The second-order valence-corrected chi connectivity index (χ2v) is 4.25. The van der Waals surface area contributed by atoms with E-state index in [4.69, 9.17) is 4.74 Å². The van der Waals surface area contributed by atoms with E-state index in [1.165, 1.54) is 16.7 Å². The Morgan fingerprint density at radius 3 is 2.65 bits per heavy atom. The number of carbonyl (C=O) groups excluding carboxylic acids is 1. The standard InChI is InChI=1S/C14H21NO2/c1-5-17-14(16)9-15-12(4)13-7-6-10(2)11(3)8-13/h6-8,12,15H,5,9H2,1-4H3. The van der Waals surface area contributed by atoms with Crippen molar-refractivity contribution < 1.29 is 9.53 Å². The molecular formula is C14H21NO2. The summed E-state index contributed by atoms with van der Waals surface area (Å²) in [5.74, 6) is -0.205. The lowest BCUT2D eigenvalue weighted by atomic mass is 10.0. The van der Waals surface area contributed by atoms with Crippen LogP contribution < -0.4 is 5.32 Å². The second kappa shape index (κ2) is 6.40. The van der Waals surface area contributed by atoms with Crippen LogP contribution in [0.25, 0.3) is 0 Å². The summed E-state index contributed by atoms with van der Waals surface area (Å²) in [6.07, 6.45) is 0. The highest BCUT2D eigenvalue weighted by molar-refractivity contribution is 5.71. The van der Waals surface area contributed by atoms with Crippen molar-refractivity contribution in [2.45, 2.75) is 33.7 Å². The molecule has 1 N–H and O–H groups in total. The first-order valence-corrected chi connectivity index (χ1v) is 6.00. The van der Waals surface area contributed by atoms with Crippen molar-refractivity contribution >= 4 is 5.97 Å². The van der Waals surface area contributed by atoms with Gasteiger partial charge in [-0.25, -0.2) is 0 Å². The van der Waals surface area contributed by atoms with Crippen LogP contribution in [-0.4, -0.2) is 19.1 Å². The lowest BCUT2D eigenvalue weighted by Crippen LogP contribution is -2.27. The average Bonchev–Trinajstić information content (AvgIpc) is 2.30. The summed E-state index contributed by atoms with van der Waals surface area (Å²) in [5.41, 5.74) is 3.75. The molecule has 0 aromatic heterocycles. The first-order chi connectivity index (χ1) is 8.04. The van der Waals surface area contributed by atoms with Crippen molar-refractivity contribution in [1.82, 2.24) is 5.32 Å². The molecule has 1 aromatic rings. The largest absolute Gasteiger partial charge is 0.465 e. The minimum atomic E-state index is -0.205. The molecule has 94 valence electrons. The molecule has 0 aliphatic heterocycles. The van der Waals surface area contributed by atoms with Crippen molar-refractivity contribution in [3.05, 3.63) is 34.9 Å². The van der Waals surface area contributed by atoms with Gasteiger partial charge in [0.25, 0.3) is 0 Å². The van der Waals surface area contributed by atoms with Gasteiger partial charge in [-0.15, -0.1) is 0 Å². The van der Waals surface area contributed by atoms with Gasteiger partial charge < -0.3 is 10.1 Å². The van der Waals surface area contributed by atoms with E-state index in [1.54, 1.807) is 0 Å². The summed E-state index contributed by atoms with van der Waals surface area (Å²) in [7, 11) is 0. The quantitative estimate of drug-likeness (QED) is 0.797. The second-order valence-electron chi connectivity index (χ2n) is 4.25. The summed E-state index contributed by atoms with van der Waals surface area (Å²) in [5, 5.41) is 3.16. The molecule has 1 aromatic carbocycles. The predicted molar refractivity (Wildman–Crippen MR) is 69.0 cm³/mol. The zero-order chi connectivity index (χ0) is 12.8. The maximum Gasteiger partial charge on any atom is 0.319 e. The number of hydrogen-bond donors (Lipinski definition) is 1. The summed E-state index contributed by atoms with van der Waals surface area (Å²) >= 11 is 0. The van der Waals surface area contributed by atoms with Crippen LogP contribution in [0.5, 0.6) is 0 Å². The number of carbonyl (C=O) groups is 1. The van der Waals surface area contributed by atoms with Gasteiger partial charge in [-0.05, 0) is 44.4 Å². The molecule has 1 atom stereocenters. The molecule has 0 fully saturated rings. The van der Waals surface area contributed by atoms with Crippen LogP contribution in [0.3, 0.4) is 0 Å². The highest BCUT2D eigenvalue weighted by Gasteiger charge is 2.08. The molecule has 0 spiro atoms. The number of aryl methyl sites for hydroxylation is 2. The summed E-state index contributed by atoms with van der Waals surface area (Å²) in [4.78, 5) is 11.2. The van der Waals surface area contributed by atoms with Gasteiger partial charge in [0.1, 0.15) is 0 Å². The fourth-order valence-electron chi connectivity index (χ4n) is 1.60. The zero-order valence-corrected chi connectivity index (χ0v) is 11.0. The third kappa shape index (κ3) is 4.19. The minimum absolute atomic E-state index is 0.152. The van der Waals surface area contributed by atoms with Gasteiger partial charge in [-0.3, -0.25) is 4.79 Å². The fourth-order valence-corrected chi connectivity index (χ4v) is 1.60. The smallest absolute Gasteiger partial charge is 0.319 e. The molecule has 3 heteroatoms. The molecule has 0 bridgehead atoms. The monoisotopic (exact) mass is 235 g/mol. The van der Waals surface area contributed by atoms with E-state index in [0.717, 1.165) is 0 Å². The van der Waals surface area contributed by atoms with Crippen molar-refractivity contribution in [2.24, 2.45) is 0 Å². The molecule has 3 nitrogen and oxygen atoms in total. The van der Waals surface area contributed by atoms with Crippen LogP contribution in [0.1, 0.15) is 36.6 Å². The van der Waals surface area contributed by atoms with Crippen LogP contribution in [0.15, 0.2) is 18.2 Å². The normalized spacial score (nSPS) is 12.2. The van der Waals surface area contributed by atoms with Crippen LogP contribution >= 0.6 is 0 Å². The third-order valence-electron chi connectivity index (χ3n) is 2.89. The van der Waals surface area contributed by atoms with E-state index in [2.05, 4.69) is 37.4 Å². The molecule has 1 rings (SSSR count). The Kier molecular flexibility index (Phi) is 5.16. The fraction of sp³-hybridized carbons (Fsp3) is 0.500. The van der Waals surface area contributed by atoms with Gasteiger partial charge in [-0.2, -0.15) is 0 Å². The van der Waals surface area contributed by atoms with E-state index in [9.17, 15) is 4.79 Å². The Bertz CT molecular complexity index is 388. The number of ether oxygens (including phenoxy) is 1. The van der Waals surface area contributed by atoms with E-state index >= 15 is 0 Å². The van der Waals surface area contributed by atoms with Gasteiger partial charge in [0.2, 0.25) is 0 Å². The lowest BCUT2D eigenvalue weighted by molar-refractivity contribution is -0.142. The molecule has 0 radical (unpaired) electrons. The number of hydrogen-bond acceptors (Lipinski definition) is 3. The van der Waals surface area contributed by atoms with E-state index in [0.29, 0.717) is 6.61 Å². The van der Waals surface area contributed by atoms with Crippen LogP contribution in [0.2, 0.25) is 0 Å². The van der Waals surface area contributed by atoms with E-state index in [-0.39, 0.29) is 18.6 Å². The molecular weight excluding hydrogens is 214 g/mol. The van der Waals surface area contributed by atoms with Gasteiger partial charge in [-0.1, -0.05) is 18.2 Å². The number of rotatable bonds is 5. The first-order valence-electron chi connectivity index (χ1n) is 6.00. The lowest BCUT2D eigenvalue weighted by Gasteiger charge is -2.15. The van der Waals surface area contributed by atoms with E-state index in [1.807, 2.05) is 13.8 Å². The topological polar surface area (TPSA) is 38.3 Å². The van der Waals surface area contributed by atoms with Gasteiger partial charge in [0.05, 0.1) is 13.2 Å². The van der Waals surface area contributed by atoms with Crippen molar-refractivity contribution in [2.75, 3.05) is 13.2 Å². The summed E-state index contributed by atoms with van der Waals surface area (Å²) < 4.78 is 4.87. The molecule has 17 heavy (non-hydrogen) atoms. The molecule has 1 unspecified atom stereocenters. The molecule has 0 aliphatic rings. The maximum atomic E-state index is 11.2. The average molecular weight is 235 g/mol. The van der Waals surface area contributed by atoms with Crippen LogP contribution in [0, 0.1) is 13.8 Å². The molecule has 0 saturated heterocycles. The Morgan fingerprint density at radius 1 is 1.35 bits per heavy atom. The van der Waals surface area contributed by atoms with Crippen molar-refractivity contribution in [3.8, 4) is 0 Å². The van der Waals surface area contributed by atoms with Gasteiger partial charge >= 0.3 is 5.97 Å². The van der Waals surface area contributed by atoms with Crippen molar-refractivity contribution in [1.29, 1.82) is 0 Å². The SMILES string of the molecule is CCOC(=O)CNC(C)c1ccc(C)c(C)c1. The molecule has 0 heterocycles.